The van der Waals surface area contributed by atoms with Gasteiger partial charge in [-0.05, 0) is 30.2 Å². The first-order valence-corrected chi connectivity index (χ1v) is 8.36. The maximum atomic E-state index is 12.4. The largest absolute Gasteiger partial charge is 0.324 e. The van der Waals surface area contributed by atoms with Crippen molar-refractivity contribution in [2.75, 3.05) is 18.4 Å². The SMILES string of the molecule is O=C(Nc1ccc2nsnc2c1)N1CC[C@H](c2ccccc2)C1. The van der Waals surface area contributed by atoms with Gasteiger partial charge < -0.3 is 10.2 Å². The number of rotatable bonds is 2. The zero-order valence-corrected chi connectivity index (χ0v) is 13.3. The van der Waals surface area contributed by atoms with Crippen LogP contribution >= 0.6 is 11.7 Å². The fourth-order valence-electron chi connectivity index (χ4n) is 3.00. The first-order chi connectivity index (χ1) is 11.3. The van der Waals surface area contributed by atoms with Gasteiger partial charge in [-0.2, -0.15) is 8.75 Å². The monoisotopic (exact) mass is 324 g/mol. The quantitative estimate of drug-likeness (QED) is 0.782. The highest BCUT2D eigenvalue weighted by atomic mass is 32.1. The second kappa shape index (κ2) is 5.96. The molecule has 1 N–H and O–H groups in total. The summed E-state index contributed by atoms with van der Waals surface area (Å²) in [7, 11) is 0. The van der Waals surface area contributed by atoms with Gasteiger partial charge in [0.1, 0.15) is 11.0 Å². The second-order valence-electron chi connectivity index (χ2n) is 5.74. The van der Waals surface area contributed by atoms with Gasteiger partial charge in [0.2, 0.25) is 0 Å². The molecule has 0 saturated carbocycles. The Hall–Kier alpha value is -2.47. The molecule has 5 nitrogen and oxygen atoms in total. The Bertz CT molecular complexity index is 833. The Morgan fingerprint density at radius 2 is 1.96 bits per heavy atom. The van der Waals surface area contributed by atoms with Crippen LogP contribution in [0.2, 0.25) is 0 Å². The number of nitrogens with zero attached hydrogens (tertiary/aromatic N) is 3. The van der Waals surface area contributed by atoms with E-state index < -0.39 is 0 Å². The van der Waals surface area contributed by atoms with Crippen LogP contribution in [0.15, 0.2) is 48.5 Å². The van der Waals surface area contributed by atoms with Crippen molar-refractivity contribution in [2.45, 2.75) is 12.3 Å². The molecule has 116 valence electrons. The molecule has 1 fully saturated rings. The van der Waals surface area contributed by atoms with Crippen LogP contribution in [0.4, 0.5) is 10.5 Å². The summed E-state index contributed by atoms with van der Waals surface area (Å²) in [5.74, 6) is 0.423. The van der Waals surface area contributed by atoms with Gasteiger partial charge in [0.25, 0.3) is 0 Å². The third-order valence-electron chi connectivity index (χ3n) is 4.25. The van der Waals surface area contributed by atoms with Crippen molar-refractivity contribution in [2.24, 2.45) is 0 Å². The Kier molecular flexibility index (Phi) is 3.67. The molecule has 1 atom stereocenters. The van der Waals surface area contributed by atoms with E-state index in [-0.39, 0.29) is 6.03 Å². The van der Waals surface area contributed by atoms with Crippen LogP contribution in [-0.2, 0) is 0 Å². The van der Waals surface area contributed by atoms with E-state index >= 15 is 0 Å². The van der Waals surface area contributed by atoms with E-state index in [1.165, 1.54) is 17.3 Å². The maximum absolute atomic E-state index is 12.4. The summed E-state index contributed by atoms with van der Waals surface area (Å²) in [6.07, 6.45) is 1.01. The van der Waals surface area contributed by atoms with Gasteiger partial charge in [0.15, 0.2) is 0 Å². The van der Waals surface area contributed by atoms with E-state index in [0.717, 1.165) is 36.2 Å². The highest BCUT2D eigenvalue weighted by molar-refractivity contribution is 7.00. The molecule has 0 aliphatic carbocycles. The summed E-state index contributed by atoms with van der Waals surface area (Å²) in [4.78, 5) is 14.3. The number of fused-ring (bicyclic) bond motifs is 1. The highest BCUT2D eigenvalue weighted by Gasteiger charge is 2.27. The number of anilines is 1. The van der Waals surface area contributed by atoms with Gasteiger partial charge in [-0.15, -0.1) is 0 Å². The van der Waals surface area contributed by atoms with Crippen molar-refractivity contribution in [1.29, 1.82) is 0 Å². The summed E-state index contributed by atoms with van der Waals surface area (Å²) >= 11 is 1.18. The number of benzene rings is 2. The van der Waals surface area contributed by atoms with Gasteiger partial charge in [-0.25, -0.2) is 4.79 Å². The minimum Gasteiger partial charge on any atom is -0.324 e. The van der Waals surface area contributed by atoms with E-state index in [0.29, 0.717) is 5.92 Å². The third-order valence-corrected chi connectivity index (χ3v) is 4.81. The van der Waals surface area contributed by atoms with Gasteiger partial charge in [0.05, 0.1) is 11.7 Å². The summed E-state index contributed by atoms with van der Waals surface area (Å²) in [5, 5.41) is 2.96. The maximum Gasteiger partial charge on any atom is 0.321 e. The molecule has 0 bridgehead atoms. The first kappa shape index (κ1) is 14.1. The molecular formula is C17H16N4OS. The zero-order chi connectivity index (χ0) is 15.6. The molecule has 3 aromatic rings. The lowest BCUT2D eigenvalue weighted by Crippen LogP contribution is -2.32. The predicted octanol–water partition coefficient (Wildman–Crippen LogP) is 3.71. The minimum absolute atomic E-state index is 0.0500. The van der Waals surface area contributed by atoms with E-state index in [1.807, 2.05) is 29.2 Å². The molecule has 0 unspecified atom stereocenters. The van der Waals surface area contributed by atoms with Crippen molar-refractivity contribution in [1.82, 2.24) is 13.6 Å². The van der Waals surface area contributed by atoms with E-state index in [9.17, 15) is 4.79 Å². The van der Waals surface area contributed by atoms with Gasteiger partial charge in [-0.1, -0.05) is 30.3 Å². The molecule has 4 rings (SSSR count). The number of hydrogen-bond acceptors (Lipinski definition) is 4. The number of hydrogen-bond donors (Lipinski definition) is 1. The average molecular weight is 324 g/mol. The number of urea groups is 1. The standard InChI is InChI=1S/C17H16N4OS/c22-17(18-14-6-7-15-16(10-14)20-23-19-15)21-9-8-13(11-21)12-4-2-1-3-5-12/h1-7,10,13H,8-9,11H2,(H,18,22)/t13-/m0/s1. The second-order valence-corrected chi connectivity index (χ2v) is 6.27. The lowest BCUT2D eigenvalue weighted by atomic mass is 9.99. The summed E-state index contributed by atoms with van der Waals surface area (Å²) < 4.78 is 8.37. The minimum atomic E-state index is -0.0500. The van der Waals surface area contributed by atoms with Gasteiger partial charge >= 0.3 is 6.03 Å². The summed E-state index contributed by atoms with van der Waals surface area (Å²) in [6.45, 7) is 1.54. The van der Waals surface area contributed by atoms with Crippen molar-refractivity contribution in [3.8, 4) is 0 Å². The van der Waals surface area contributed by atoms with Crippen molar-refractivity contribution < 1.29 is 4.79 Å². The average Bonchev–Trinajstić information content (AvgIpc) is 3.24. The van der Waals surface area contributed by atoms with Gasteiger partial charge in [0, 0.05) is 24.7 Å². The topological polar surface area (TPSA) is 58.1 Å². The molecule has 2 heterocycles. The number of carbonyl (C=O) groups is 1. The van der Waals surface area contributed by atoms with Crippen LogP contribution in [0, 0.1) is 0 Å². The molecule has 0 radical (unpaired) electrons. The van der Waals surface area contributed by atoms with Gasteiger partial charge in [-0.3, -0.25) is 0 Å². The Morgan fingerprint density at radius 3 is 2.83 bits per heavy atom. The van der Waals surface area contributed by atoms with Crippen molar-refractivity contribution in [3.05, 3.63) is 54.1 Å². The fourth-order valence-corrected chi connectivity index (χ4v) is 3.52. The van der Waals surface area contributed by atoms with Crippen LogP contribution < -0.4 is 5.32 Å². The van der Waals surface area contributed by atoms with Crippen LogP contribution in [0.25, 0.3) is 11.0 Å². The molecule has 1 aliphatic rings. The number of nitrogens with one attached hydrogen (secondary N) is 1. The van der Waals surface area contributed by atoms with E-state index in [2.05, 4.69) is 38.3 Å². The Labute approximate surface area is 138 Å². The molecule has 1 aromatic heterocycles. The number of aromatic nitrogens is 2. The first-order valence-electron chi connectivity index (χ1n) is 7.63. The molecule has 1 saturated heterocycles. The normalized spacial score (nSPS) is 17.6. The molecule has 0 spiro atoms. The lowest BCUT2D eigenvalue weighted by Gasteiger charge is -2.17. The van der Waals surface area contributed by atoms with E-state index in [1.54, 1.807) is 0 Å². The summed E-state index contributed by atoms with van der Waals surface area (Å²) in [6, 6.07) is 16.0. The molecule has 1 aliphatic heterocycles. The molecule has 6 heteroatoms. The Morgan fingerprint density at radius 1 is 1.13 bits per heavy atom. The molecular weight excluding hydrogens is 308 g/mol. The van der Waals surface area contributed by atoms with Crippen LogP contribution in [0.3, 0.4) is 0 Å². The third kappa shape index (κ3) is 2.90. The Balaban J connectivity index is 1.43. The molecule has 2 aromatic carbocycles. The highest BCUT2D eigenvalue weighted by Crippen LogP contribution is 2.27. The zero-order valence-electron chi connectivity index (χ0n) is 12.5. The fraction of sp³-hybridized carbons (Fsp3) is 0.235. The number of carbonyl (C=O) groups excluding carboxylic acids is 1. The van der Waals surface area contributed by atoms with E-state index in [4.69, 9.17) is 0 Å². The molecule has 23 heavy (non-hydrogen) atoms. The van der Waals surface area contributed by atoms with Crippen molar-refractivity contribution in [3.63, 3.8) is 0 Å². The van der Waals surface area contributed by atoms with Crippen LogP contribution in [0.5, 0.6) is 0 Å². The van der Waals surface area contributed by atoms with Crippen LogP contribution in [-0.4, -0.2) is 32.8 Å². The molecule has 2 amide bonds. The smallest absolute Gasteiger partial charge is 0.321 e. The van der Waals surface area contributed by atoms with Crippen LogP contribution in [0.1, 0.15) is 17.9 Å². The van der Waals surface area contributed by atoms with Crippen molar-refractivity contribution >= 4 is 34.5 Å². The number of likely N-dealkylation sites (tertiary alicyclic amines) is 1. The predicted molar refractivity (Wildman–Crippen MR) is 91.8 cm³/mol. The lowest BCUT2D eigenvalue weighted by molar-refractivity contribution is 0.222. The number of amides is 2. The summed E-state index contributed by atoms with van der Waals surface area (Å²) in [5.41, 5.74) is 3.74.